The number of carbonyl (C=O) groups is 1. The third-order valence-corrected chi connectivity index (χ3v) is 4.51. The molecule has 3 unspecified atom stereocenters. The van der Waals surface area contributed by atoms with Crippen molar-refractivity contribution < 1.29 is 24.9 Å². The van der Waals surface area contributed by atoms with Crippen molar-refractivity contribution in [3.8, 4) is 0 Å². The smallest absolute Gasteiger partial charge is 0.220 e. The maximum Gasteiger partial charge on any atom is 0.220 e. The molecule has 0 aromatic carbocycles. The number of ether oxygens (including phenoxy) is 1. The Labute approximate surface area is 139 Å². The average Bonchev–Trinajstić information content (AvgIpc) is 2.54. The summed E-state index contributed by atoms with van der Waals surface area (Å²) in [6, 6.07) is -0.648. The standard InChI is InChI=1S/C17H33NO5/c1-3-4-5-6-7-8-9-10-14(20)18-15-12(2)23-13(11-19)16(21)17(15)22/h12-13,15-17,19,21-22H,3-11H2,1-2H3,(H,18,20)/t12-,13?,15?,16+,17?/m0/s1. The number of carbonyl (C=O) groups excluding carboxylic acids is 1. The van der Waals surface area contributed by atoms with Gasteiger partial charge in [-0.3, -0.25) is 4.79 Å². The van der Waals surface area contributed by atoms with Crippen LogP contribution in [0.3, 0.4) is 0 Å². The van der Waals surface area contributed by atoms with Gasteiger partial charge in [0.25, 0.3) is 0 Å². The summed E-state index contributed by atoms with van der Waals surface area (Å²) in [4.78, 5) is 12.0. The second-order valence-corrected chi connectivity index (χ2v) is 6.51. The van der Waals surface area contributed by atoms with Crippen LogP contribution in [0.1, 0.15) is 65.2 Å². The number of rotatable bonds is 10. The lowest BCUT2D eigenvalue weighted by atomic mass is 9.93. The number of nitrogens with one attached hydrogen (secondary N) is 1. The summed E-state index contributed by atoms with van der Waals surface area (Å²) in [5.74, 6) is -0.132. The fourth-order valence-electron chi connectivity index (χ4n) is 3.01. The van der Waals surface area contributed by atoms with Crippen LogP contribution < -0.4 is 5.32 Å². The van der Waals surface area contributed by atoms with Gasteiger partial charge in [-0.1, -0.05) is 45.4 Å². The molecule has 1 heterocycles. The molecule has 0 saturated carbocycles. The molecule has 6 heteroatoms. The lowest BCUT2D eigenvalue weighted by Crippen LogP contribution is -2.63. The number of amides is 1. The Hall–Kier alpha value is -0.690. The van der Waals surface area contributed by atoms with Crippen molar-refractivity contribution in [2.24, 2.45) is 0 Å². The number of aliphatic hydroxyl groups excluding tert-OH is 3. The second-order valence-electron chi connectivity index (χ2n) is 6.51. The highest BCUT2D eigenvalue weighted by molar-refractivity contribution is 5.76. The molecule has 136 valence electrons. The van der Waals surface area contributed by atoms with E-state index in [9.17, 15) is 15.0 Å². The predicted octanol–water partition coefficient (Wildman–Crippen LogP) is 1.11. The van der Waals surface area contributed by atoms with E-state index in [4.69, 9.17) is 9.84 Å². The number of hydrogen-bond donors (Lipinski definition) is 4. The van der Waals surface area contributed by atoms with E-state index in [1.54, 1.807) is 6.92 Å². The Morgan fingerprint density at radius 2 is 1.65 bits per heavy atom. The Kier molecular flexibility index (Phi) is 9.71. The first-order valence-electron chi connectivity index (χ1n) is 8.93. The highest BCUT2D eigenvalue weighted by Gasteiger charge is 2.42. The Balaban J connectivity index is 2.25. The van der Waals surface area contributed by atoms with Gasteiger partial charge in [-0.05, 0) is 13.3 Å². The molecule has 0 aromatic heterocycles. The molecule has 0 aliphatic carbocycles. The molecule has 0 aromatic rings. The Bertz CT molecular complexity index is 339. The minimum absolute atomic E-state index is 0.132. The van der Waals surface area contributed by atoms with Gasteiger partial charge in [-0.2, -0.15) is 0 Å². The molecule has 4 N–H and O–H groups in total. The van der Waals surface area contributed by atoms with Gasteiger partial charge in [0.2, 0.25) is 5.91 Å². The largest absolute Gasteiger partial charge is 0.394 e. The van der Waals surface area contributed by atoms with E-state index >= 15 is 0 Å². The van der Waals surface area contributed by atoms with Gasteiger partial charge in [0.05, 0.1) is 18.8 Å². The van der Waals surface area contributed by atoms with Crippen molar-refractivity contribution in [1.29, 1.82) is 0 Å². The quantitative estimate of drug-likeness (QED) is 0.450. The molecule has 23 heavy (non-hydrogen) atoms. The highest BCUT2D eigenvalue weighted by Crippen LogP contribution is 2.21. The van der Waals surface area contributed by atoms with E-state index in [0.717, 1.165) is 19.3 Å². The predicted molar refractivity (Wildman–Crippen MR) is 88.0 cm³/mol. The van der Waals surface area contributed by atoms with Crippen molar-refractivity contribution in [2.75, 3.05) is 6.61 Å². The van der Waals surface area contributed by atoms with Crippen LogP contribution in [-0.2, 0) is 9.53 Å². The van der Waals surface area contributed by atoms with E-state index in [-0.39, 0.29) is 12.5 Å². The summed E-state index contributed by atoms with van der Waals surface area (Å²) < 4.78 is 5.44. The van der Waals surface area contributed by atoms with E-state index in [1.165, 1.54) is 25.7 Å². The zero-order valence-electron chi connectivity index (χ0n) is 14.4. The summed E-state index contributed by atoms with van der Waals surface area (Å²) in [7, 11) is 0. The van der Waals surface area contributed by atoms with Crippen LogP contribution in [0, 0.1) is 0 Å². The average molecular weight is 331 g/mol. The maximum absolute atomic E-state index is 12.0. The first-order chi connectivity index (χ1) is 11.0. The molecule has 1 aliphatic heterocycles. The molecule has 1 rings (SSSR count). The van der Waals surface area contributed by atoms with Crippen LogP contribution in [0.15, 0.2) is 0 Å². The van der Waals surface area contributed by atoms with Crippen LogP contribution in [0.2, 0.25) is 0 Å². The van der Waals surface area contributed by atoms with Gasteiger partial charge >= 0.3 is 0 Å². The summed E-state index contributed by atoms with van der Waals surface area (Å²) in [5, 5.41) is 31.8. The summed E-state index contributed by atoms with van der Waals surface area (Å²) in [6.07, 6.45) is 4.83. The molecule has 0 spiro atoms. The van der Waals surface area contributed by atoms with E-state index in [0.29, 0.717) is 6.42 Å². The van der Waals surface area contributed by atoms with Crippen molar-refractivity contribution in [2.45, 2.75) is 95.7 Å². The third-order valence-electron chi connectivity index (χ3n) is 4.51. The van der Waals surface area contributed by atoms with Crippen LogP contribution in [-0.4, -0.2) is 58.3 Å². The topological polar surface area (TPSA) is 99.0 Å². The minimum atomic E-state index is -1.19. The lowest BCUT2D eigenvalue weighted by molar-refractivity contribution is -0.190. The minimum Gasteiger partial charge on any atom is -0.394 e. The molecule has 5 atom stereocenters. The molecular weight excluding hydrogens is 298 g/mol. The van der Waals surface area contributed by atoms with Crippen molar-refractivity contribution in [3.63, 3.8) is 0 Å². The molecule has 1 aliphatic rings. The number of aliphatic hydroxyl groups is 3. The van der Waals surface area contributed by atoms with E-state index < -0.39 is 30.5 Å². The monoisotopic (exact) mass is 331 g/mol. The Morgan fingerprint density at radius 1 is 1.04 bits per heavy atom. The van der Waals surface area contributed by atoms with Gasteiger partial charge < -0.3 is 25.4 Å². The molecule has 6 nitrogen and oxygen atoms in total. The summed E-state index contributed by atoms with van der Waals surface area (Å²) in [6.45, 7) is 3.55. The van der Waals surface area contributed by atoms with Gasteiger partial charge in [0.1, 0.15) is 18.3 Å². The van der Waals surface area contributed by atoms with Gasteiger partial charge in [-0.15, -0.1) is 0 Å². The van der Waals surface area contributed by atoms with Crippen molar-refractivity contribution in [3.05, 3.63) is 0 Å². The lowest BCUT2D eigenvalue weighted by Gasteiger charge is -2.41. The molecule has 0 radical (unpaired) electrons. The van der Waals surface area contributed by atoms with Crippen LogP contribution >= 0.6 is 0 Å². The number of unbranched alkanes of at least 4 members (excludes halogenated alkanes) is 6. The van der Waals surface area contributed by atoms with Crippen LogP contribution in [0.25, 0.3) is 0 Å². The molecule has 1 amide bonds. The van der Waals surface area contributed by atoms with Crippen molar-refractivity contribution in [1.82, 2.24) is 5.32 Å². The fraction of sp³-hybridized carbons (Fsp3) is 0.941. The molecular formula is C17H33NO5. The molecule has 0 bridgehead atoms. The van der Waals surface area contributed by atoms with Gasteiger partial charge in [0, 0.05) is 6.42 Å². The maximum atomic E-state index is 12.0. The summed E-state index contributed by atoms with van der Waals surface area (Å²) >= 11 is 0. The van der Waals surface area contributed by atoms with E-state index in [2.05, 4.69) is 12.2 Å². The first-order valence-corrected chi connectivity index (χ1v) is 8.93. The highest BCUT2D eigenvalue weighted by atomic mass is 16.5. The normalized spacial score (nSPS) is 31.1. The summed E-state index contributed by atoms with van der Waals surface area (Å²) in [5.41, 5.74) is 0. The zero-order chi connectivity index (χ0) is 17.2. The number of hydrogen-bond acceptors (Lipinski definition) is 5. The third kappa shape index (κ3) is 6.75. The Morgan fingerprint density at radius 3 is 2.26 bits per heavy atom. The van der Waals surface area contributed by atoms with Crippen LogP contribution in [0.5, 0.6) is 0 Å². The fourth-order valence-corrected chi connectivity index (χ4v) is 3.01. The van der Waals surface area contributed by atoms with E-state index in [1.807, 2.05) is 0 Å². The zero-order valence-corrected chi connectivity index (χ0v) is 14.4. The van der Waals surface area contributed by atoms with Gasteiger partial charge in [0.15, 0.2) is 0 Å². The molecule has 1 fully saturated rings. The first kappa shape index (κ1) is 20.4. The molecule has 1 saturated heterocycles. The van der Waals surface area contributed by atoms with Crippen molar-refractivity contribution >= 4 is 5.91 Å². The van der Waals surface area contributed by atoms with Gasteiger partial charge in [-0.25, -0.2) is 0 Å². The SMILES string of the molecule is CCCCCCCCCC(=O)NC1C(O)[C@H](O)C(CO)O[C@H]1C. The second kappa shape index (κ2) is 11.0. The van der Waals surface area contributed by atoms with Crippen LogP contribution in [0.4, 0.5) is 0 Å².